The van der Waals surface area contributed by atoms with Crippen LogP contribution < -0.4 is 15.1 Å². The Kier molecular flexibility index (Phi) is 13.8. The molecular formula is C43H64O6Si2. The van der Waals surface area contributed by atoms with Gasteiger partial charge in [0.25, 0.3) is 8.32 Å². The zero-order chi connectivity index (χ0) is 37.5. The lowest BCUT2D eigenvalue weighted by atomic mass is 10.0. The van der Waals surface area contributed by atoms with Crippen molar-refractivity contribution in [3.8, 4) is 5.75 Å². The monoisotopic (exact) mass is 732 g/mol. The predicted molar refractivity (Wildman–Crippen MR) is 215 cm³/mol. The van der Waals surface area contributed by atoms with E-state index in [4.69, 9.17) is 27.8 Å². The summed E-state index contributed by atoms with van der Waals surface area (Å²) in [6.45, 7) is 25.7. The Bertz CT molecular complexity index is 1470. The van der Waals surface area contributed by atoms with Gasteiger partial charge in [-0.3, -0.25) is 0 Å². The Morgan fingerprint density at radius 1 is 0.804 bits per heavy atom. The van der Waals surface area contributed by atoms with Gasteiger partial charge in [0.2, 0.25) is 0 Å². The van der Waals surface area contributed by atoms with Crippen molar-refractivity contribution in [2.45, 2.75) is 135 Å². The Hall–Kier alpha value is -2.57. The van der Waals surface area contributed by atoms with Crippen LogP contribution in [0.2, 0.25) is 23.2 Å². The smallest absolute Gasteiger partial charge is 0.261 e. The van der Waals surface area contributed by atoms with Gasteiger partial charge in [-0.25, -0.2) is 0 Å². The van der Waals surface area contributed by atoms with Gasteiger partial charge in [0.1, 0.15) is 18.0 Å². The molecule has 0 radical (unpaired) electrons. The molecule has 0 N–H and O–H groups in total. The van der Waals surface area contributed by atoms with Gasteiger partial charge >= 0.3 is 0 Å². The third kappa shape index (κ3) is 10.5. The summed E-state index contributed by atoms with van der Waals surface area (Å²) in [4.78, 5) is 0. The summed E-state index contributed by atoms with van der Waals surface area (Å²) in [6.07, 6.45) is 4.69. The topological polar surface area (TPSA) is 55.4 Å². The van der Waals surface area contributed by atoms with Gasteiger partial charge in [0.15, 0.2) is 14.1 Å². The number of rotatable bonds is 16. The highest BCUT2D eigenvalue weighted by atomic mass is 28.4. The molecule has 3 aromatic rings. The maximum absolute atomic E-state index is 7.83. The molecule has 1 heterocycles. The zero-order valence-electron chi connectivity index (χ0n) is 33.3. The van der Waals surface area contributed by atoms with Crippen molar-refractivity contribution in [3.05, 3.63) is 103 Å². The summed E-state index contributed by atoms with van der Waals surface area (Å²) in [5.41, 5.74) is 1.09. The zero-order valence-corrected chi connectivity index (χ0v) is 35.3. The number of ether oxygens (including phenoxy) is 4. The standard InChI is InChI=1S/C43H64O6Si2/c1-33(45-32-34-26-28-35(44-10)29-27-34)31-39(40-38(47-43(8,9)48-40)25-19-20-30-46-50(11,12)41(2,3)4)49-51(42(5,6)7,36-21-15-13-16-22-36)37-23-17-14-18-24-37/h13-19,21-29,33,38-40H,20,30-32H2,1-12H3/b25-19+/t33-,38+,39+,40-/m1/s1. The minimum Gasteiger partial charge on any atom is -0.497 e. The van der Waals surface area contributed by atoms with Crippen LogP contribution in [0.1, 0.15) is 80.7 Å². The van der Waals surface area contributed by atoms with E-state index >= 15 is 0 Å². The molecule has 0 aliphatic carbocycles. The summed E-state index contributed by atoms with van der Waals surface area (Å²) in [7, 11) is -3.10. The molecule has 1 aliphatic heterocycles. The fraction of sp³-hybridized carbons (Fsp3) is 0.535. The Labute approximate surface area is 311 Å². The van der Waals surface area contributed by atoms with E-state index in [2.05, 4.69) is 134 Å². The first-order valence-electron chi connectivity index (χ1n) is 18.6. The first-order valence-corrected chi connectivity index (χ1v) is 23.4. The van der Waals surface area contributed by atoms with Crippen molar-refractivity contribution >= 4 is 27.0 Å². The lowest BCUT2D eigenvalue weighted by Gasteiger charge is -2.46. The van der Waals surface area contributed by atoms with E-state index in [1.807, 2.05) is 38.1 Å². The molecule has 0 spiro atoms. The summed E-state index contributed by atoms with van der Waals surface area (Å²) < 4.78 is 39.7. The Morgan fingerprint density at radius 3 is 1.88 bits per heavy atom. The minimum absolute atomic E-state index is 0.120. The molecule has 0 amide bonds. The molecule has 1 aliphatic rings. The third-order valence-electron chi connectivity index (χ3n) is 10.4. The maximum Gasteiger partial charge on any atom is 0.261 e. The van der Waals surface area contributed by atoms with Crippen LogP contribution in [0.4, 0.5) is 0 Å². The van der Waals surface area contributed by atoms with Gasteiger partial charge in [-0.2, -0.15) is 0 Å². The van der Waals surface area contributed by atoms with Crippen LogP contribution in [0.5, 0.6) is 5.75 Å². The molecule has 0 aromatic heterocycles. The molecule has 0 saturated carbocycles. The van der Waals surface area contributed by atoms with Crippen LogP contribution >= 0.6 is 0 Å². The highest BCUT2D eigenvalue weighted by Crippen LogP contribution is 2.41. The fourth-order valence-electron chi connectivity index (χ4n) is 6.61. The highest BCUT2D eigenvalue weighted by molar-refractivity contribution is 6.99. The average Bonchev–Trinajstić information content (AvgIpc) is 3.39. The van der Waals surface area contributed by atoms with Gasteiger partial charge in [-0.15, -0.1) is 0 Å². The molecule has 8 heteroatoms. The first-order chi connectivity index (χ1) is 23.9. The second kappa shape index (κ2) is 17.1. The van der Waals surface area contributed by atoms with Crippen LogP contribution in [0, 0.1) is 0 Å². The van der Waals surface area contributed by atoms with Crippen LogP contribution in [-0.4, -0.2) is 60.6 Å². The van der Waals surface area contributed by atoms with Crippen molar-refractivity contribution in [1.82, 2.24) is 0 Å². The van der Waals surface area contributed by atoms with Gasteiger partial charge in [0, 0.05) is 13.0 Å². The summed E-state index contributed by atoms with van der Waals surface area (Å²) in [5, 5.41) is 2.43. The Balaban J connectivity index is 1.70. The molecule has 1 saturated heterocycles. The first kappa shape index (κ1) is 41.2. The van der Waals surface area contributed by atoms with E-state index < -0.39 is 22.4 Å². The van der Waals surface area contributed by atoms with Crippen LogP contribution in [0.25, 0.3) is 0 Å². The van der Waals surface area contributed by atoms with E-state index in [0.29, 0.717) is 19.6 Å². The largest absolute Gasteiger partial charge is 0.497 e. The second-order valence-corrected chi connectivity index (χ2v) is 26.0. The maximum atomic E-state index is 7.83. The molecular weight excluding hydrogens is 669 g/mol. The van der Waals surface area contributed by atoms with Gasteiger partial charge in [0.05, 0.1) is 25.9 Å². The van der Waals surface area contributed by atoms with E-state index in [1.54, 1.807) is 7.11 Å². The number of hydrogen-bond donors (Lipinski definition) is 0. The lowest BCUT2D eigenvalue weighted by molar-refractivity contribution is -0.154. The summed E-state index contributed by atoms with van der Waals surface area (Å²) in [5.74, 6) is 0.0505. The normalized spacial score (nSPS) is 19.7. The van der Waals surface area contributed by atoms with Crippen molar-refractivity contribution in [2.75, 3.05) is 13.7 Å². The molecule has 0 unspecified atom stereocenters. The second-order valence-electron chi connectivity index (χ2n) is 16.9. The van der Waals surface area contributed by atoms with Crippen LogP contribution in [0.15, 0.2) is 97.1 Å². The molecule has 4 rings (SSSR count). The van der Waals surface area contributed by atoms with E-state index in [1.165, 1.54) is 10.4 Å². The quantitative estimate of drug-likeness (QED) is 0.0832. The van der Waals surface area contributed by atoms with Gasteiger partial charge < -0.3 is 27.8 Å². The van der Waals surface area contributed by atoms with Crippen molar-refractivity contribution in [1.29, 1.82) is 0 Å². The van der Waals surface area contributed by atoms with Gasteiger partial charge in [-0.1, -0.05) is 126 Å². The SMILES string of the molecule is COc1ccc(CO[C@H](C)C[C@H](O[Si](c2ccccc2)(c2ccccc2)C(C)(C)C)[C@@H]2OC(C)(C)O[C@H]2/C=C/CCO[Si](C)(C)C(C)(C)C)cc1. The fourth-order valence-corrected chi connectivity index (χ4v) is 12.4. The van der Waals surface area contributed by atoms with Crippen molar-refractivity contribution in [2.24, 2.45) is 0 Å². The molecule has 0 bridgehead atoms. The van der Waals surface area contributed by atoms with Crippen LogP contribution in [-0.2, 0) is 29.7 Å². The van der Waals surface area contributed by atoms with E-state index in [-0.39, 0.29) is 34.5 Å². The number of methoxy groups -OCH3 is 1. The molecule has 280 valence electrons. The highest BCUT2D eigenvalue weighted by Gasteiger charge is 2.54. The van der Waals surface area contributed by atoms with Crippen molar-refractivity contribution in [3.63, 3.8) is 0 Å². The molecule has 4 atom stereocenters. The van der Waals surface area contributed by atoms with E-state index in [0.717, 1.165) is 17.7 Å². The lowest BCUT2D eigenvalue weighted by Crippen LogP contribution is -2.69. The average molecular weight is 733 g/mol. The van der Waals surface area contributed by atoms with Crippen LogP contribution in [0.3, 0.4) is 0 Å². The van der Waals surface area contributed by atoms with Crippen molar-refractivity contribution < 1.29 is 27.8 Å². The third-order valence-corrected chi connectivity index (χ3v) is 20.0. The molecule has 51 heavy (non-hydrogen) atoms. The summed E-state index contributed by atoms with van der Waals surface area (Å²) >= 11 is 0. The number of benzene rings is 3. The molecule has 3 aromatic carbocycles. The molecule has 6 nitrogen and oxygen atoms in total. The summed E-state index contributed by atoms with van der Waals surface area (Å²) in [6, 6.07) is 29.6. The molecule has 1 fully saturated rings. The minimum atomic E-state index is -2.95. The van der Waals surface area contributed by atoms with Gasteiger partial charge in [-0.05, 0) is 78.4 Å². The Morgan fingerprint density at radius 2 is 1.37 bits per heavy atom. The number of hydrogen-bond acceptors (Lipinski definition) is 6. The van der Waals surface area contributed by atoms with E-state index in [9.17, 15) is 0 Å². The predicted octanol–water partition coefficient (Wildman–Crippen LogP) is 9.42.